The summed E-state index contributed by atoms with van der Waals surface area (Å²) < 4.78 is 11.0. The number of aliphatic hydroxyl groups excluding tert-OH is 1. The lowest BCUT2D eigenvalue weighted by molar-refractivity contribution is -0.0151. The van der Waals surface area contributed by atoms with Crippen molar-refractivity contribution in [2.24, 2.45) is 0 Å². The Bertz CT molecular complexity index is 830. The molecule has 1 amide bonds. The van der Waals surface area contributed by atoms with E-state index in [1.54, 1.807) is 0 Å². The van der Waals surface area contributed by atoms with Gasteiger partial charge in [-0.3, -0.25) is 14.6 Å². The summed E-state index contributed by atoms with van der Waals surface area (Å²) in [6.45, 7) is 11.4. The second kappa shape index (κ2) is 11.4. The van der Waals surface area contributed by atoms with E-state index in [0.717, 1.165) is 37.3 Å². The maximum atomic E-state index is 12.4. The molecule has 1 aromatic heterocycles. The standard InChI is InChI=1S/C23H34N4O4/c1-17(2)30-15-20(28)13-26-7-9-27(10-8-26)14-22-25-21(16-31-22)23(29)24-12-19-6-4-5-18(3)11-19/h4-6,11,16-17,20,28H,7-10,12-15H2,1-3H3,(H,24,29). The summed E-state index contributed by atoms with van der Waals surface area (Å²) in [6.07, 6.45) is 1.07. The van der Waals surface area contributed by atoms with Gasteiger partial charge in [-0.25, -0.2) is 4.98 Å². The van der Waals surface area contributed by atoms with Gasteiger partial charge in [0.15, 0.2) is 5.69 Å². The zero-order valence-electron chi connectivity index (χ0n) is 18.7. The smallest absolute Gasteiger partial charge is 0.273 e. The van der Waals surface area contributed by atoms with Crippen LogP contribution in [0.5, 0.6) is 0 Å². The minimum atomic E-state index is -0.471. The number of aryl methyl sites for hydroxylation is 1. The monoisotopic (exact) mass is 430 g/mol. The molecule has 1 saturated heterocycles. The number of piperazine rings is 1. The lowest BCUT2D eigenvalue weighted by Gasteiger charge is -2.35. The van der Waals surface area contributed by atoms with E-state index < -0.39 is 6.10 Å². The molecule has 0 aliphatic carbocycles. The Morgan fingerprint density at radius 2 is 2.00 bits per heavy atom. The third kappa shape index (κ3) is 7.74. The van der Waals surface area contributed by atoms with Crippen LogP contribution in [0, 0.1) is 6.92 Å². The predicted octanol–water partition coefficient (Wildman–Crippen LogP) is 1.82. The van der Waals surface area contributed by atoms with Gasteiger partial charge in [-0.1, -0.05) is 29.8 Å². The molecule has 1 fully saturated rings. The summed E-state index contributed by atoms with van der Waals surface area (Å²) in [5.41, 5.74) is 2.51. The van der Waals surface area contributed by atoms with Crippen molar-refractivity contribution in [1.82, 2.24) is 20.1 Å². The van der Waals surface area contributed by atoms with Crippen molar-refractivity contribution in [3.63, 3.8) is 0 Å². The van der Waals surface area contributed by atoms with Crippen LogP contribution in [0.4, 0.5) is 0 Å². The SMILES string of the molecule is Cc1cccc(CNC(=O)c2coc(CN3CCN(CC(O)COC(C)C)CC3)n2)c1. The molecule has 1 aliphatic heterocycles. The molecule has 3 rings (SSSR count). The van der Waals surface area contributed by atoms with Gasteiger partial charge < -0.3 is 19.6 Å². The molecular formula is C23H34N4O4. The molecule has 1 atom stereocenters. The number of amides is 1. The zero-order valence-corrected chi connectivity index (χ0v) is 18.7. The van der Waals surface area contributed by atoms with Crippen LogP contribution in [-0.4, -0.2) is 77.3 Å². The first-order valence-electron chi connectivity index (χ1n) is 10.9. The molecular weight excluding hydrogens is 396 g/mol. The van der Waals surface area contributed by atoms with E-state index in [2.05, 4.69) is 20.1 Å². The van der Waals surface area contributed by atoms with Crippen molar-refractivity contribution in [1.29, 1.82) is 0 Å². The second-order valence-electron chi connectivity index (χ2n) is 8.41. The fourth-order valence-electron chi connectivity index (χ4n) is 3.56. The Balaban J connectivity index is 1.39. The maximum absolute atomic E-state index is 12.4. The van der Waals surface area contributed by atoms with Gasteiger partial charge in [-0.2, -0.15) is 0 Å². The molecule has 170 valence electrons. The molecule has 0 spiro atoms. The third-order valence-corrected chi connectivity index (χ3v) is 5.23. The van der Waals surface area contributed by atoms with Crippen LogP contribution in [0.1, 0.15) is 41.4 Å². The number of oxazole rings is 1. The van der Waals surface area contributed by atoms with Crippen molar-refractivity contribution < 1.29 is 19.1 Å². The molecule has 0 bridgehead atoms. The number of nitrogens with one attached hydrogen (secondary N) is 1. The average Bonchev–Trinajstić information content (AvgIpc) is 3.20. The molecule has 0 saturated carbocycles. The van der Waals surface area contributed by atoms with Crippen LogP contribution in [0.15, 0.2) is 34.9 Å². The number of ether oxygens (including phenoxy) is 1. The van der Waals surface area contributed by atoms with E-state index in [-0.39, 0.29) is 12.0 Å². The second-order valence-corrected chi connectivity index (χ2v) is 8.41. The number of aromatic nitrogens is 1. The number of hydrogen-bond acceptors (Lipinski definition) is 7. The first-order chi connectivity index (χ1) is 14.9. The van der Waals surface area contributed by atoms with Gasteiger partial charge in [0.25, 0.3) is 5.91 Å². The van der Waals surface area contributed by atoms with Crippen LogP contribution < -0.4 is 5.32 Å². The van der Waals surface area contributed by atoms with Gasteiger partial charge in [0, 0.05) is 39.3 Å². The van der Waals surface area contributed by atoms with Crippen molar-refractivity contribution in [3.8, 4) is 0 Å². The summed E-state index contributed by atoms with van der Waals surface area (Å²) in [6, 6.07) is 8.03. The molecule has 2 heterocycles. The molecule has 1 unspecified atom stereocenters. The molecule has 1 aliphatic rings. The highest BCUT2D eigenvalue weighted by Crippen LogP contribution is 2.10. The number of benzene rings is 1. The normalized spacial score (nSPS) is 16.5. The summed E-state index contributed by atoms with van der Waals surface area (Å²) >= 11 is 0. The highest BCUT2D eigenvalue weighted by Gasteiger charge is 2.21. The largest absolute Gasteiger partial charge is 0.447 e. The quantitative estimate of drug-likeness (QED) is 0.594. The van der Waals surface area contributed by atoms with Crippen LogP contribution in [0.3, 0.4) is 0 Å². The highest BCUT2D eigenvalue weighted by molar-refractivity contribution is 5.91. The van der Waals surface area contributed by atoms with Gasteiger partial charge in [0.2, 0.25) is 5.89 Å². The van der Waals surface area contributed by atoms with Crippen LogP contribution in [0.25, 0.3) is 0 Å². The summed E-state index contributed by atoms with van der Waals surface area (Å²) in [5.74, 6) is 0.304. The number of nitrogens with zero attached hydrogens (tertiary/aromatic N) is 3. The minimum absolute atomic E-state index is 0.127. The number of rotatable bonds is 10. The maximum Gasteiger partial charge on any atom is 0.273 e. The van der Waals surface area contributed by atoms with E-state index in [1.807, 2.05) is 45.0 Å². The first kappa shape index (κ1) is 23.4. The molecule has 8 nitrogen and oxygen atoms in total. The fraction of sp³-hybridized carbons (Fsp3) is 0.565. The summed E-state index contributed by atoms with van der Waals surface area (Å²) in [5, 5.41) is 13.0. The third-order valence-electron chi connectivity index (χ3n) is 5.23. The molecule has 8 heteroatoms. The molecule has 31 heavy (non-hydrogen) atoms. The molecule has 1 aromatic carbocycles. The number of β-amino-alcohol motifs (C(OH)–C–C–N with tert-alkyl or cyclic N) is 1. The van der Waals surface area contributed by atoms with Crippen molar-refractivity contribution in [2.45, 2.75) is 46.1 Å². The topological polar surface area (TPSA) is 91.1 Å². The van der Waals surface area contributed by atoms with Crippen molar-refractivity contribution in [2.75, 3.05) is 39.3 Å². The number of hydrogen-bond donors (Lipinski definition) is 2. The van der Waals surface area contributed by atoms with Crippen molar-refractivity contribution >= 4 is 5.91 Å². The van der Waals surface area contributed by atoms with E-state index >= 15 is 0 Å². The minimum Gasteiger partial charge on any atom is -0.447 e. The zero-order chi connectivity index (χ0) is 22.2. The Labute approximate surface area is 184 Å². The van der Waals surface area contributed by atoms with Gasteiger partial charge in [-0.15, -0.1) is 0 Å². The van der Waals surface area contributed by atoms with E-state index in [4.69, 9.17) is 9.15 Å². The van der Waals surface area contributed by atoms with E-state index in [0.29, 0.717) is 37.8 Å². The van der Waals surface area contributed by atoms with Crippen molar-refractivity contribution in [3.05, 3.63) is 53.2 Å². The number of aliphatic hydroxyl groups is 1. The van der Waals surface area contributed by atoms with Gasteiger partial charge in [0.05, 0.1) is 25.4 Å². The lowest BCUT2D eigenvalue weighted by Crippen LogP contribution is -2.48. The first-order valence-corrected chi connectivity index (χ1v) is 10.9. The van der Waals surface area contributed by atoms with Gasteiger partial charge in [0.1, 0.15) is 6.26 Å². The van der Waals surface area contributed by atoms with Gasteiger partial charge >= 0.3 is 0 Å². The Kier molecular flexibility index (Phi) is 8.60. The van der Waals surface area contributed by atoms with E-state index in [9.17, 15) is 9.90 Å². The van der Waals surface area contributed by atoms with Crippen LogP contribution in [-0.2, 0) is 17.8 Å². The predicted molar refractivity (Wildman–Crippen MR) is 118 cm³/mol. The molecule has 2 N–H and O–H groups in total. The fourth-order valence-corrected chi connectivity index (χ4v) is 3.56. The number of carbonyl (C=O) groups is 1. The Morgan fingerprint density at radius 1 is 1.26 bits per heavy atom. The highest BCUT2D eigenvalue weighted by atomic mass is 16.5. The number of carbonyl (C=O) groups excluding carboxylic acids is 1. The van der Waals surface area contributed by atoms with Gasteiger partial charge in [-0.05, 0) is 26.3 Å². The average molecular weight is 431 g/mol. The lowest BCUT2D eigenvalue weighted by atomic mass is 10.1. The Hall–Kier alpha value is -2.26. The summed E-state index contributed by atoms with van der Waals surface area (Å²) in [7, 11) is 0. The molecule has 0 radical (unpaired) electrons. The summed E-state index contributed by atoms with van der Waals surface area (Å²) in [4.78, 5) is 21.2. The van der Waals surface area contributed by atoms with Crippen LogP contribution in [0.2, 0.25) is 0 Å². The molecule has 2 aromatic rings. The van der Waals surface area contributed by atoms with E-state index in [1.165, 1.54) is 6.26 Å². The van der Waals surface area contributed by atoms with Crippen LogP contribution >= 0.6 is 0 Å². The Morgan fingerprint density at radius 3 is 2.71 bits per heavy atom.